The number of hydrogen-bond acceptors (Lipinski definition) is 3. The van der Waals surface area contributed by atoms with Crippen molar-refractivity contribution in [3.63, 3.8) is 0 Å². The van der Waals surface area contributed by atoms with Crippen LogP contribution in [0.5, 0.6) is 0 Å². The molecule has 184 valence electrons. The van der Waals surface area contributed by atoms with Gasteiger partial charge in [0.25, 0.3) is 10.0 Å². The molecule has 0 bridgehead atoms. The molecule has 1 N–H and O–H groups in total. The van der Waals surface area contributed by atoms with E-state index in [1.54, 1.807) is 0 Å². The van der Waals surface area contributed by atoms with Crippen molar-refractivity contribution in [2.75, 3.05) is 26.7 Å². The average molecular weight is 510 g/mol. The highest BCUT2D eigenvalue weighted by Gasteiger charge is 2.32. The lowest BCUT2D eigenvalue weighted by molar-refractivity contribution is 0.320. The Hall–Kier alpha value is -2.64. The highest BCUT2D eigenvalue weighted by molar-refractivity contribution is 7.89. The molecule has 1 aliphatic rings. The molecule has 3 aromatic carbocycles. The van der Waals surface area contributed by atoms with Gasteiger partial charge in [-0.3, -0.25) is 0 Å². The van der Waals surface area contributed by atoms with Gasteiger partial charge in [0.05, 0.1) is 0 Å². The summed E-state index contributed by atoms with van der Waals surface area (Å²) in [5.41, 5.74) is 3.94. The lowest BCUT2D eigenvalue weighted by Gasteiger charge is -2.21. The molecule has 1 aromatic heterocycles. The third-order valence-corrected chi connectivity index (χ3v) is 8.36. The summed E-state index contributed by atoms with van der Waals surface area (Å²) in [4.78, 5) is 2.43. The Morgan fingerprint density at radius 2 is 1.34 bits per heavy atom. The Kier molecular flexibility index (Phi) is 7.97. The largest absolute Gasteiger partial charge is 0.329 e. The van der Waals surface area contributed by atoms with Crippen LogP contribution in [0, 0.1) is 0 Å². The van der Waals surface area contributed by atoms with Crippen LogP contribution in [0.4, 0.5) is 0 Å². The van der Waals surface area contributed by atoms with Crippen LogP contribution in [-0.2, 0) is 16.6 Å². The summed E-state index contributed by atoms with van der Waals surface area (Å²) in [6, 6.07) is 28.5. The van der Waals surface area contributed by atoms with E-state index in [1.807, 2.05) is 59.2 Å². The molecule has 2 heterocycles. The summed E-state index contributed by atoms with van der Waals surface area (Å²) in [5.74, 6) is -0.210. The minimum Gasteiger partial charge on any atom is -0.329 e. The second-order valence-electron chi connectivity index (χ2n) is 8.90. The molecular weight excluding hydrogens is 478 g/mol. The van der Waals surface area contributed by atoms with Crippen LogP contribution in [0.15, 0.2) is 90.0 Å². The number of nitrogens with one attached hydrogen (secondary N) is 1. The second-order valence-corrected chi connectivity index (χ2v) is 10.7. The monoisotopic (exact) mass is 509 g/mol. The number of rotatable bonds is 8. The van der Waals surface area contributed by atoms with Crippen LogP contribution < -0.4 is 4.72 Å². The molecule has 0 aliphatic carbocycles. The molecule has 35 heavy (non-hydrogen) atoms. The van der Waals surface area contributed by atoms with Gasteiger partial charge < -0.3 is 9.47 Å². The number of hydrogen-bond donors (Lipinski definition) is 1. The highest BCUT2D eigenvalue weighted by Crippen LogP contribution is 2.41. The summed E-state index contributed by atoms with van der Waals surface area (Å²) in [6.07, 6.45) is 2.42. The maximum Gasteiger partial charge on any atom is 0.256 e. The van der Waals surface area contributed by atoms with Crippen molar-refractivity contribution >= 4 is 33.3 Å². The lowest BCUT2D eigenvalue weighted by Crippen LogP contribution is -2.28. The maximum atomic E-state index is 13.6. The van der Waals surface area contributed by atoms with E-state index in [2.05, 4.69) is 40.0 Å². The molecule has 0 saturated carbocycles. The van der Waals surface area contributed by atoms with Crippen molar-refractivity contribution in [1.82, 2.24) is 14.2 Å². The van der Waals surface area contributed by atoms with Crippen LogP contribution in [0.1, 0.15) is 35.4 Å². The standard InChI is InChI=1S/C28H31N3O2S.ClH/c1-29-34(32,33)28-27(26(22-12-4-2-5-13-22)23-14-6-3-7-15-23)24-16-8-9-17-25(24)31(28)21-20-30-18-10-11-19-30;/h2-9,12-17,26,29H,10-11,18-21H2,1H3;1H. The van der Waals surface area contributed by atoms with Gasteiger partial charge in [-0.05, 0) is 50.2 Å². The van der Waals surface area contributed by atoms with E-state index in [0.29, 0.717) is 11.6 Å². The van der Waals surface area contributed by atoms with Gasteiger partial charge in [-0.25, -0.2) is 13.1 Å². The summed E-state index contributed by atoms with van der Waals surface area (Å²) >= 11 is 0. The van der Waals surface area contributed by atoms with Gasteiger partial charge in [0, 0.05) is 35.5 Å². The molecule has 0 unspecified atom stereocenters. The van der Waals surface area contributed by atoms with E-state index in [0.717, 1.165) is 47.2 Å². The van der Waals surface area contributed by atoms with Crippen molar-refractivity contribution in [1.29, 1.82) is 0 Å². The van der Waals surface area contributed by atoms with Crippen LogP contribution in [0.2, 0.25) is 0 Å². The SMILES string of the molecule is CNS(=O)(=O)c1c(C(c2ccccc2)c2ccccc2)c2ccccc2n1CCN1CCCC1.Cl. The minimum absolute atomic E-state index is 0. The van der Waals surface area contributed by atoms with Gasteiger partial charge in [-0.15, -0.1) is 12.4 Å². The molecule has 0 atom stereocenters. The molecule has 0 amide bonds. The third kappa shape index (κ3) is 5.02. The highest BCUT2D eigenvalue weighted by atomic mass is 35.5. The second kappa shape index (κ2) is 11.0. The number of likely N-dealkylation sites (tertiary alicyclic amines) is 1. The summed E-state index contributed by atoms with van der Waals surface area (Å²) < 4.78 is 31.9. The van der Waals surface area contributed by atoms with Gasteiger partial charge >= 0.3 is 0 Å². The van der Waals surface area contributed by atoms with E-state index >= 15 is 0 Å². The Morgan fingerprint density at radius 1 is 0.800 bits per heavy atom. The van der Waals surface area contributed by atoms with Gasteiger partial charge in [0.15, 0.2) is 5.03 Å². The Labute approximate surface area is 214 Å². The number of para-hydroxylation sites is 1. The molecular formula is C28H32ClN3O2S. The van der Waals surface area contributed by atoms with Crippen LogP contribution in [0.3, 0.4) is 0 Å². The third-order valence-electron chi connectivity index (χ3n) is 6.88. The van der Waals surface area contributed by atoms with Crippen molar-refractivity contribution in [2.24, 2.45) is 0 Å². The van der Waals surface area contributed by atoms with Gasteiger partial charge in [0.2, 0.25) is 0 Å². The number of nitrogens with zero attached hydrogens (tertiary/aromatic N) is 2. The van der Waals surface area contributed by atoms with E-state index in [-0.39, 0.29) is 18.3 Å². The fourth-order valence-electron chi connectivity index (χ4n) is 5.26. The first-order valence-electron chi connectivity index (χ1n) is 12.0. The number of benzene rings is 3. The molecule has 5 nitrogen and oxygen atoms in total. The summed E-state index contributed by atoms with van der Waals surface area (Å²) in [7, 11) is -2.23. The van der Waals surface area contributed by atoms with Gasteiger partial charge in [-0.2, -0.15) is 0 Å². The fourth-order valence-corrected chi connectivity index (χ4v) is 6.45. The van der Waals surface area contributed by atoms with Crippen molar-refractivity contribution in [2.45, 2.75) is 30.3 Å². The molecule has 0 spiro atoms. The quantitative estimate of drug-likeness (QED) is 0.353. The van der Waals surface area contributed by atoms with Crippen molar-refractivity contribution < 1.29 is 8.42 Å². The van der Waals surface area contributed by atoms with Crippen molar-refractivity contribution in [3.05, 3.63) is 102 Å². The first-order valence-corrected chi connectivity index (χ1v) is 13.5. The smallest absolute Gasteiger partial charge is 0.256 e. The molecule has 1 saturated heterocycles. The van der Waals surface area contributed by atoms with Gasteiger partial charge in [-0.1, -0.05) is 78.9 Å². The summed E-state index contributed by atoms with van der Waals surface area (Å²) in [5, 5.41) is 1.35. The van der Waals surface area contributed by atoms with E-state index in [1.165, 1.54) is 19.9 Å². The van der Waals surface area contributed by atoms with Crippen LogP contribution >= 0.6 is 12.4 Å². The lowest BCUT2D eigenvalue weighted by atomic mass is 9.85. The maximum absolute atomic E-state index is 13.6. The zero-order valence-corrected chi connectivity index (χ0v) is 21.6. The van der Waals surface area contributed by atoms with Gasteiger partial charge in [0.1, 0.15) is 0 Å². The molecule has 7 heteroatoms. The molecule has 1 aliphatic heterocycles. The zero-order chi connectivity index (χ0) is 23.5. The predicted molar refractivity (Wildman–Crippen MR) is 145 cm³/mol. The normalized spacial score (nSPS) is 14.5. The summed E-state index contributed by atoms with van der Waals surface area (Å²) in [6.45, 7) is 3.63. The molecule has 1 fully saturated rings. The predicted octanol–water partition coefficient (Wildman–Crippen LogP) is 5.25. The molecule has 0 radical (unpaired) electrons. The molecule has 5 rings (SSSR count). The number of fused-ring (bicyclic) bond motifs is 1. The number of sulfonamides is 1. The average Bonchev–Trinajstić information content (AvgIpc) is 3.51. The van der Waals surface area contributed by atoms with Crippen LogP contribution in [0.25, 0.3) is 10.9 Å². The van der Waals surface area contributed by atoms with Crippen LogP contribution in [-0.4, -0.2) is 44.6 Å². The first kappa shape index (κ1) is 25.5. The first-order chi connectivity index (χ1) is 16.6. The minimum atomic E-state index is -3.73. The Balaban J connectivity index is 0.00000289. The topological polar surface area (TPSA) is 54.3 Å². The Bertz CT molecular complexity index is 1330. The zero-order valence-electron chi connectivity index (χ0n) is 19.9. The Morgan fingerprint density at radius 3 is 1.91 bits per heavy atom. The van der Waals surface area contributed by atoms with E-state index in [4.69, 9.17) is 0 Å². The van der Waals surface area contributed by atoms with Crippen molar-refractivity contribution in [3.8, 4) is 0 Å². The molecule has 4 aromatic rings. The van der Waals surface area contributed by atoms with E-state index < -0.39 is 10.0 Å². The van der Waals surface area contributed by atoms with E-state index in [9.17, 15) is 8.42 Å². The fraction of sp³-hybridized carbons (Fsp3) is 0.286. The number of aromatic nitrogens is 1. The number of halogens is 1.